The lowest BCUT2D eigenvalue weighted by Crippen LogP contribution is -2.43. The number of ether oxygens (including phenoxy) is 1. The van der Waals surface area contributed by atoms with Gasteiger partial charge in [-0.1, -0.05) is 17.7 Å². The van der Waals surface area contributed by atoms with Gasteiger partial charge < -0.3 is 19.6 Å². The molecule has 2 fully saturated rings. The molecule has 212 valence electrons. The van der Waals surface area contributed by atoms with Crippen LogP contribution in [0, 0.1) is 19.8 Å². The normalized spacial score (nSPS) is 17.6. The zero-order chi connectivity index (χ0) is 28.4. The van der Waals surface area contributed by atoms with Gasteiger partial charge in [0.1, 0.15) is 12.4 Å². The Kier molecular flexibility index (Phi) is 8.14. The largest absolute Gasteiger partial charge is 0.488 e. The summed E-state index contributed by atoms with van der Waals surface area (Å²) in [5.41, 5.74) is 5.21. The Morgan fingerprint density at radius 3 is 2.45 bits per heavy atom. The Bertz CT molecular complexity index is 1510. The third-order valence-corrected chi connectivity index (χ3v) is 10.1. The lowest BCUT2D eigenvalue weighted by molar-refractivity contribution is -0.142. The number of carbonyl (C=O) groups excluding carboxylic acids is 1. The van der Waals surface area contributed by atoms with E-state index in [0.717, 1.165) is 33.1 Å². The van der Waals surface area contributed by atoms with E-state index in [1.807, 2.05) is 43.5 Å². The standard InChI is InChI=1S/C29H33N3O6S2/c1-19-3-6-26(24(15-19)25-18-39-29(30-25)32-9-7-21(8-10-32)28(34)35)38-17-23-5-4-22(16-20(23)2)27(33)31-11-13-40(36,37)14-12-31/h3-6,15-16,18,21H,7-14,17H2,1-2H3,(H,34,35). The van der Waals surface area contributed by atoms with Crippen LogP contribution in [-0.2, 0) is 21.2 Å². The molecular formula is C29H33N3O6S2. The van der Waals surface area contributed by atoms with E-state index in [2.05, 4.69) is 11.0 Å². The van der Waals surface area contributed by atoms with Crippen LogP contribution in [0.25, 0.3) is 11.3 Å². The SMILES string of the molecule is Cc1ccc(OCc2ccc(C(=O)N3CCS(=O)(=O)CC3)cc2C)c(-c2csc(N3CCC(C(=O)O)CC3)n2)c1. The zero-order valence-corrected chi connectivity index (χ0v) is 24.3. The molecule has 2 aliphatic rings. The van der Waals surface area contributed by atoms with Crippen molar-refractivity contribution in [2.45, 2.75) is 33.3 Å². The Balaban J connectivity index is 1.27. The number of carboxylic acids is 1. The van der Waals surface area contributed by atoms with Crippen molar-refractivity contribution >= 4 is 38.2 Å². The van der Waals surface area contributed by atoms with E-state index in [9.17, 15) is 23.1 Å². The monoisotopic (exact) mass is 583 g/mol. The highest BCUT2D eigenvalue weighted by Gasteiger charge is 2.27. The second-order valence-corrected chi connectivity index (χ2v) is 13.6. The first-order valence-corrected chi connectivity index (χ1v) is 16.1. The Hall–Kier alpha value is -3.44. The predicted octanol–water partition coefficient (Wildman–Crippen LogP) is 4.18. The minimum Gasteiger partial charge on any atom is -0.488 e. The number of piperidine rings is 1. The quantitative estimate of drug-likeness (QED) is 0.440. The number of anilines is 1. The highest BCUT2D eigenvalue weighted by Crippen LogP contribution is 2.36. The molecule has 0 bridgehead atoms. The number of aliphatic carboxylic acids is 1. The molecule has 0 atom stereocenters. The van der Waals surface area contributed by atoms with Crippen molar-refractivity contribution < 1.29 is 27.9 Å². The van der Waals surface area contributed by atoms with E-state index in [1.54, 1.807) is 22.3 Å². The number of aromatic nitrogens is 1. The molecule has 0 unspecified atom stereocenters. The molecule has 1 amide bonds. The van der Waals surface area contributed by atoms with E-state index in [1.165, 1.54) is 0 Å². The number of carboxylic acid groups (broad SMARTS) is 1. The third-order valence-electron chi connectivity index (χ3n) is 7.62. The maximum absolute atomic E-state index is 12.9. The number of thiazole rings is 1. The number of amides is 1. The van der Waals surface area contributed by atoms with Gasteiger partial charge in [-0.15, -0.1) is 11.3 Å². The number of hydrogen-bond donors (Lipinski definition) is 1. The van der Waals surface area contributed by atoms with Gasteiger partial charge in [0.05, 0.1) is 23.1 Å². The summed E-state index contributed by atoms with van der Waals surface area (Å²) >= 11 is 1.55. The molecule has 3 heterocycles. The minimum absolute atomic E-state index is 0.00618. The summed E-state index contributed by atoms with van der Waals surface area (Å²) in [6.07, 6.45) is 1.24. The first kappa shape index (κ1) is 28.1. The van der Waals surface area contributed by atoms with Crippen molar-refractivity contribution in [3.8, 4) is 17.0 Å². The van der Waals surface area contributed by atoms with Crippen molar-refractivity contribution in [1.82, 2.24) is 9.88 Å². The molecule has 3 aromatic rings. The number of hydrogen-bond acceptors (Lipinski definition) is 8. The van der Waals surface area contributed by atoms with E-state index in [0.29, 0.717) is 43.9 Å². The lowest BCUT2D eigenvalue weighted by Gasteiger charge is -2.29. The number of carbonyl (C=O) groups is 2. The summed E-state index contributed by atoms with van der Waals surface area (Å²) in [5, 5.41) is 12.2. The van der Waals surface area contributed by atoms with E-state index in [-0.39, 0.29) is 36.4 Å². The average Bonchev–Trinajstić information content (AvgIpc) is 3.43. The first-order valence-electron chi connectivity index (χ1n) is 13.4. The van der Waals surface area contributed by atoms with Gasteiger partial charge in [-0.2, -0.15) is 0 Å². The number of rotatable bonds is 7. The summed E-state index contributed by atoms with van der Waals surface area (Å²) in [7, 11) is -3.05. The van der Waals surface area contributed by atoms with Crippen LogP contribution in [0.15, 0.2) is 41.8 Å². The third kappa shape index (κ3) is 6.31. The maximum atomic E-state index is 12.9. The molecule has 0 radical (unpaired) electrons. The van der Waals surface area contributed by atoms with Crippen molar-refractivity contribution in [3.63, 3.8) is 0 Å². The minimum atomic E-state index is -3.05. The van der Waals surface area contributed by atoms with Gasteiger partial charge in [0.15, 0.2) is 15.0 Å². The van der Waals surface area contributed by atoms with Crippen molar-refractivity contribution in [3.05, 3.63) is 64.0 Å². The molecule has 9 nitrogen and oxygen atoms in total. The van der Waals surface area contributed by atoms with Crippen LogP contribution in [0.4, 0.5) is 5.13 Å². The Morgan fingerprint density at radius 1 is 1.05 bits per heavy atom. The molecule has 40 heavy (non-hydrogen) atoms. The molecule has 11 heteroatoms. The van der Waals surface area contributed by atoms with Gasteiger partial charge in [-0.05, 0) is 62.1 Å². The summed E-state index contributed by atoms with van der Waals surface area (Å²) < 4.78 is 29.7. The van der Waals surface area contributed by atoms with Crippen molar-refractivity contribution in [2.75, 3.05) is 42.6 Å². The summed E-state index contributed by atoms with van der Waals surface area (Å²) in [5.74, 6) is -0.443. The molecule has 2 aliphatic heterocycles. The molecule has 0 spiro atoms. The maximum Gasteiger partial charge on any atom is 0.306 e. The number of benzene rings is 2. The molecule has 1 aromatic heterocycles. The van der Waals surface area contributed by atoms with Crippen molar-refractivity contribution in [1.29, 1.82) is 0 Å². The second-order valence-electron chi connectivity index (χ2n) is 10.5. The zero-order valence-electron chi connectivity index (χ0n) is 22.6. The van der Waals surface area contributed by atoms with Gasteiger partial charge in [0, 0.05) is 42.7 Å². The van der Waals surface area contributed by atoms with Crippen LogP contribution in [0.3, 0.4) is 0 Å². The number of nitrogens with zero attached hydrogens (tertiary/aromatic N) is 3. The lowest BCUT2D eigenvalue weighted by atomic mass is 9.97. The fourth-order valence-corrected chi connectivity index (χ4v) is 7.15. The van der Waals surface area contributed by atoms with Crippen LogP contribution >= 0.6 is 11.3 Å². The number of aryl methyl sites for hydroxylation is 2. The summed E-state index contributed by atoms with van der Waals surface area (Å²) in [6.45, 7) is 6.07. The van der Waals surface area contributed by atoms with Crippen LogP contribution in [-0.4, -0.2) is 73.0 Å². The van der Waals surface area contributed by atoms with E-state index >= 15 is 0 Å². The van der Waals surface area contributed by atoms with Crippen molar-refractivity contribution in [2.24, 2.45) is 5.92 Å². The van der Waals surface area contributed by atoms with Gasteiger partial charge in [0.2, 0.25) is 0 Å². The molecule has 5 rings (SSSR count). The van der Waals surface area contributed by atoms with Gasteiger partial charge in [-0.3, -0.25) is 9.59 Å². The van der Waals surface area contributed by atoms with E-state index < -0.39 is 15.8 Å². The highest BCUT2D eigenvalue weighted by molar-refractivity contribution is 7.91. The van der Waals surface area contributed by atoms with E-state index in [4.69, 9.17) is 9.72 Å². The topological polar surface area (TPSA) is 117 Å². The highest BCUT2D eigenvalue weighted by atomic mass is 32.2. The summed E-state index contributed by atoms with van der Waals surface area (Å²) in [6, 6.07) is 11.5. The van der Waals surface area contributed by atoms with Gasteiger partial charge >= 0.3 is 5.97 Å². The van der Waals surface area contributed by atoms with Crippen LogP contribution in [0.2, 0.25) is 0 Å². The van der Waals surface area contributed by atoms with Crippen LogP contribution < -0.4 is 9.64 Å². The Labute approximate surface area is 238 Å². The molecule has 2 saturated heterocycles. The molecule has 0 aliphatic carbocycles. The van der Waals surface area contributed by atoms with Crippen LogP contribution in [0.1, 0.15) is 39.9 Å². The molecule has 1 N–H and O–H groups in total. The molecular weight excluding hydrogens is 550 g/mol. The van der Waals surface area contributed by atoms with Gasteiger partial charge in [-0.25, -0.2) is 13.4 Å². The van der Waals surface area contributed by atoms with Crippen LogP contribution in [0.5, 0.6) is 5.75 Å². The second kappa shape index (κ2) is 11.6. The summed E-state index contributed by atoms with van der Waals surface area (Å²) in [4.78, 5) is 32.8. The molecule has 0 saturated carbocycles. The first-order chi connectivity index (χ1) is 19.1. The molecule has 2 aromatic carbocycles. The average molecular weight is 584 g/mol. The Morgan fingerprint density at radius 2 is 1.77 bits per heavy atom. The van der Waals surface area contributed by atoms with Gasteiger partial charge in [0.25, 0.3) is 5.91 Å². The smallest absolute Gasteiger partial charge is 0.306 e. The number of sulfone groups is 1. The fourth-order valence-electron chi connectivity index (χ4n) is 5.07. The predicted molar refractivity (Wildman–Crippen MR) is 155 cm³/mol. The fraction of sp³-hybridized carbons (Fsp3) is 0.414.